The van der Waals surface area contributed by atoms with Crippen LogP contribution < -0.4 is 5.73 Å². The average molecular weight is 229 g/mol. The Bertz CT molecular complexity index is 577. The number of rotatable bonds is 1. The van der Waals surface area contributed by atoms with E-state index in [1.54, 1.807) is 12.1 Å². The van der Waals surface area contributed by atoms with Gasteiger partial charge in [-0.3, -0.25) is 14.6 Å². The van der Waals surface area contributed by atoms with E-state index in [1.807, 2.05) is 11.8 Å². The van der Waals surface area contributed by atoms with Crippen LogP contribution in [0.3, 0.4) is 0 Å². The second kappa shape index (κ2) is 3.16. The highest BCUT2D eigenvalue weighted by Crippen LogP contribution is 2.31. The molecule has 0 radical (unpaired) electrons. The fourth-order valence-electron chi connectivity index (χ4n) is 2.09. The highest BCUT2D eigenvalue weighted by atomic mass is 16.1. The molecule has 5 nitrogen and oxygen atoms in total. The van der Waals surface area contributed by atoms with Crippen molar-refractivity contribution in [3.8, 4) is 0 Å². The van der Waals surface area contributed by atoms with Crippen LogP contribution in [0.2, 0.25) is 0 Å². The topological polar surface area (TPSA) is 76.1 Å². The molecule has 1 saturated heterocycles. The molecule has 0 bridgehead atoms. The van der Waals surface area contributed by atoms with Gasteiger partial charge in [0.05, 0.1) is 5.56 Å². The van der Waals surface area contributed by atoms with Crippen molar-refractivity contribution < 1.29 is 9.59 Å². The van der Waals surface area contributed by atoms with Crippen molar-refractivity contribution in [3.05, 3.63) is 41.0 Å². The van der Waals surface area contributed by atoms with Crippen molar-refractivity contribution in [2.75, 3.05) is 6.54 Å². The Morgan fingerprint density at radius 3 is 2.76 bits per heavy atom. The number of aromatic nitrogens is 1. The van der Waals surface area contributed by atoms with Crippen LogP contribution in [-0.2, 0) is 0 Å². The lowest BCUT2D eigenvalue weighted by Gasteiger charge is -2.18. The van der Waals surface area contributed by atoms with E-state index >= 15 is 0 Å². The zero-order valence-electron chi connectivity index (χ0n) is 9.30. The minimum absolute atomic E-state index is 0.0190. The van der Waals surface area contributed by atoms with Crippen LogP contribution in [0.25, 0.3) is 0 Å². The van der Waals surface area contributed by atoms with E-state index in [-0.39, 0.29) is 29.0 Å². The predicted molar refractivity (Wildman–Crippen MR) is 60.3 cm³/mol. The molecule has 0 spiro atoms. The zero-order valence-corrected chi connectivity index (χ0v) is 9.30. The fourth-order valence-corrected chi connectivity index (χ4v) is 2.09. The normalized spacial score (nSPS) is 22.9. The quantitative estimate of drug-likeness (QED) is 0.702. The number of carbonyl (C=O) groups is 2. The molecule has 1 aliphatic heterocycles. The van der Waals surface area contributed by atoms with Gasteiger partial charge < -0.3 is 10.6 Å². The maximum absolute atomic E-state index is 12.2. The van der Waals surface area contributed by atoms with Crippen LogP contribution in [0.5, 0.6) is 0 Å². The SMILES string of the molecule is CC1CN1C1=C(N)C(=O)c2ncccc2C1=O. The Morgan fingerprint density at radius 2 is 2.12 bits per heavy atom. The molecule has 1 aliphatic carbocycles. The number of hydrogen-bond acceptors (Lipinski definition) is 5. The van der Waals surface area contributed by atoms with Crippen molar-refractivity contribution >= 4 is 11.6 Å². The van der Waals surface area contributed by atoms with Crippen LogP contribution in [0.15, 0.2) is 29.7 Å². The number of carbonyl (C=O) groups excluding carboxylic acids is 2. The number of fused-ring (bicyclic) bond motifs is 1. The van der Waals surface area contributed by atoms with Gasteiger partial charge in [0.1, 0.15) is 17.1 Å². The van der Waals surface area contributed by atoms with Crippen molar-refractivity contribution in [2.45, 2.75) is 13.0 Å². The first-order valence-electron chi connectivity index (χ1n) is 5.42. The summed E-state index contributed by atoms with van der Waals surface area (Å²) in [6.45, 7) is 2.75. The highest BCUT2D eigenvalue weighted by molar-refractivity contribution is 6.25. The van der Waals surface area contributed by atoms with Crippen LogP contribution in [0.1, 0.15) is 27.8 Å². The van der Waals surface area contributed by atoms with Gasteiger partial charge in [0.25, 0.3) is 0 Å². The van der Waals surface area contributed by atoms with Gasteiger partial charge >= 0.3 is 0 Å². The van der Waals surface area contributed by atoms with Crippen molar-refractivity contribution in [1.82, 2.24) is 9.88 Å². The van der Waals surface area contributed by atoms with E-state index < -0.39 is 0 Å². The molecule has 2 heterocycles. The number of hydrogen-bond donors (Lipinski definition) is 1. The summed E-state index contributed by atoms with van der Waals surface area (Å²) in [4.78, 5) is 30.0. The van der Waals surface area contributed by atoms with Crippen LogP contribution in [-0.4, -0.2) is 34.0 Å². The lowest BCUT2D eigenvalue weighted by Crippen LogP contribution is -2.31. The fraction of sp³-hybridized carbons (Fsp3) is 0.250. The van der Waals surface area contributed by atoms with E-state index in [9.17, 15) is 9.59 Å². The molecule has 1 fully saturated rings. The number of Topliss-reactive ketones (excluding diaryl/α,β-unsaturated/α-hetero) is 2. The number of nitrogens with zero attached hydrogens (tertiary/aromatic N) is 2. The molecule has 5 heteroatoms. The van der Waals surface area contributed by atoms with Crippen LogP contribution in [0, 0.1) is 0 Å². The number of pyridine rings is 1. The van der Waals surface area contributed by atoms with Crippen LogP contribution in [0.4, 0.5) is 0 Å². The molecule has 1 aromatic heterocycles. The summed E-state index contributed by atoms with van der Waals surface area (Å²) < 4.78 is 0. The summed E-state index contributed by atoms with van der Waals surface area (Å²) in [6, 6.07) is 3.54. The van der Waals surface area contributed by atoms with Gasteiger partial charge in [-0.2, -0.15) is 0 Å². The van der Waals surface area contributed by atoms with Crippen molar-refractivity contribution in [2.24, 2.45) is 5.73 Å². The van der Waals surface area contributed by atoms with E-state index in [0.29, 0.717) is 11.3 Å². The molecule has 1 unspecified atom stereocenters. The molecule has 0 amide bonds. The lowest BCUT2D eigenvalue weighted by atomic mass is 9.94. The largest absolute Gasteiger partial charge is 0.394 e. The molecule has 2 aliphatic rings. The van der Waals surface area contributed by atoms with Gasteiger partial charge in [-0.25, -0.2) is 0 Å². The smallest absolute Gasteiger partial charge is 0.229 e. The summed E-state index contributed by atoms with van der Waals surface area (Å²) in [5.74, 6) is -0.552. The molecule has 0 aromatic carbocycles. The maximum Gasteiger partial charge on any atom is 0.229 e. The molecule has 1 aromatic rings. The zero-order chi connectivity index (χ0) is 12.2. The minimum atomic E-state index is -0.352. The highest BCUT2D eigenvalue weighted by Gasteiger charge is 2.41. The number of nitrogens with two attached hydrogens (primary N) is 1. The van der Waals surface area contributed by atoms with E-state index in [2.05, 4.69) is 4.98 Å². The summed E-state index contributed by atoms with van der Waals surface area (Å²) in [7, 11) is 0. The van der Waals surface area contributed by atoms with Crippen molar-refractivity contribution in [1.29, 1.82) is 0 Å². The van der Waals surface area contributed by atoms with Gasteiger partial charge in [-0.15, -0.1) is 0 Å². The third-order valence-corrected chi connectivity index (χ3v) is 3.13. The Hall–Kier alpha value is -2.17. The Balaban J connectivity index is 2.16. The third-order valence-electron chi connectivity index (χ3n) is 3.13. The molecule has 0 saturated carbocycles. The van der Waals surface area contributed by atoms with E-state index in [4.69, 9.17) is 5.73 Å². The summed E-state index contributed by atoms with van der Waals surface area (Å²) in [5, 5.41) is 0. The lowest BCUT2D eigenvalue weighted by molar-refractivity contribution is 0.0954. The minimum Gasteiger partial charge on any atom is -0.394 e. The van der Waals surface area contributed by atoms with E-state index in [1.165, 1.54) is 6.20 Å². The summed E-state index contributed by atoms with van der Waals surface area (Å²) in [6.07, 6.45) is 1.49. The predicted octanol–water partition coefficient (Wildman–Crippen LogP) is 0.335. The third kappa shape index (κ3) is 1.28. The first kappa shape index (κ1) is 10.0. The maximum atomic E-state index is 12.2. The molecule has 86 valence electrons. The van der Waals surface area contributed by atoms with E-state index in [0.717, 1.165) is 6.54 Å². The standard InChI is InChI=1S/C12H11N3O2/c1-6-5-15(6)10-8(13)12(17)9-7(11(10)16)3-2-4-14-9/h2-4,6H,5,13H2,1H3. The Morgan fingerprint density at radius 1 is 1.41 bits per heavy atom. The summed E-state index contributed by atoms with van der Waals surface area (Å²) in [5.41, 5.74) is 6.62. The monoisotopic (exact) mass is 229 g/mol. The molecule has 3 rings (SSSR count). The van der Waals surface area contributed by atoms with Gasteiger partial charge in [0.2, 0.25) is 11.6 Å². The molecule has 2 N–H and O–H groups in total. The summed E-state index contributed by atoms with van der Waals surface area (Å²) >= 11 is 0. The second-order valence-corrected chi connectivity index (χ2v) is 4.32. The first-order valence-corrected chi connectivity index (χ1v) is 5.42. The van der Waals surface area contributed by atoms with Gasteiger partial charge in [-0.05, 0) is 19.1 Å². The number of ketones is 2. The molecular formula is C12H11N3O2. The molecule has 1 atom stereocenters. The number of allylic oxidation sites excluding steroid dienone is 2. The molecule has 17 heavy (non-hydrogen) atoms. The first-order chi connectivity index (χ1) is 8.11. The van der Waals surface area contributed by atoms with Gasteiger partial charge in [0, 0.05) is 18.8 Å². The van der Waals surface area contributed by atoms with Gasteiger partial charge in [-0.1, -0.05) is 0 Å². The average Bonchev–Trinajstić information content (AvgIpc) is 3.04. The Kier molecular flexibility index (Phi) is 1.86. The van der Waals surface area contributed by atoms with Crippen LogP contribution >= 0.6 is 0 Å². The van der Waals surface area contributed by atoms with Gasteiger partial charge in [0.15, 0.2) is 0 Å². The Labute approximate surface area is 97.9 Å². The molecular weight excluding hydrogens is 218 g/mol. The second-order valence-electron chi connectivity index (χ2n) is 4.32. The van der Waals surface area contributed by atoms with Crippen molar-refractivity contribution in [3.63, 3.8) is 0 Å².